The quantitative estimate of drug-likeness (QED) is 0.129. The number of methoxy groups -OCH3 is 1. The van der Waals surface area contributed by atoms with E-state index in [1.807, 2.05) is 71.8 Å². The Kier molecular flexibility index (Phi) is 9.53. The first-order valence-electron chi connectivity index (χ1n) is 17.8. The number of fused-ring (bicyclic) bond motifs is 2. The second-order valence-corrected chi connectivity index (χ2v) is 19.2. The molecule has 3 aliphatic rings. The summed E-state index contributed by atoms with van der Waals surface area (Å²) in [4.78, 5) is 42.7. The first kappa shape index (κ1) is 35.5. The van der Waals surface area contributed by atoms with Crippen LogP contribution in [0.5, 0.6) is 5.75 Å². The van der Waals surface area contributed by atoms with E-state index < -0.39 is 25.9 Å². The molecule has 2 fully saturated rings. The van der Waals surface area contributed by atoms with Gasteiger partial charge >= 0.3 is 5.97 Å². The molecular weight excluding hydrogens is 679 g/mol. The number of β-lactam (4-membered cyclic amide) rings is 1. The highest BCUT2D eigenvalue weighted by atomic mass is 28.3. The number of hydrogen-bond donors (Lipinski definition) is 1. The van der Waals surface area contributed by atoms with Gasteiger partial charge in [-0.2, -0.15) is 0 Å². The van der Waals surface area contributed by atoms with Gasteiger partial charge in [0.1, 0.15) is 5.75 Å². The van der Waals surface area contributed by atoms with Gasteiger partial charge in [0.05, 0.1) is 45.6 Å². The van der Waals surface area contributed by atoms with Crippen molar-refractivity contribution in [3.05, 3.63) is 95.8 Å². The Hall–Kier alpha value is -4.85. The van der Waals surface area contributed by atoms with Crippen LogP contribution in [-0.2, 0) is 49.0 Å². The van der Waals surface area contributed by atoms with Crippen molar-refractivity contribution in [2.45, 2.75) is 82.8 Å². The zero-order chi connectivity index (χ0) is 36.8. The summed E-state index contributed by atoms with van der Waals surface area (Å²) in [6, 6.07) is 23.7. The van der Waals surface area contributed by atoms with Gasteiger partial charge < -0.3 is 24.2 Å². The molecule has 1 spiro atoms. The maximum Gasteiger partial charge on any atom is 0.304 e. The van der Waals surface area contributed by atoms with Crippen LogP contribution in [0.4, 0.5) is 11.4 Å². The third-order valence-electron chi connectivity index (χ3n) is 11.1. The van der Waals surface area contributed by atoms with Gasteiger partial charge in [-0.05, 0) is 47.9 Å². The summed E-state index contributed by atoms with van der Waals surface area (Å²) >= 11 is 0. The average Bonchev–Trinajstić information content (AvgIpc) is 3.77. The molecule has 272 valence electrons. The molecule has 4 aromatic rings. The number of nitrogens with zero attached hydrogens (tertiary/aromatic N) is 5. The molecule has 2 saturated heterocycles. The van der Waals surface area contributed by atoms with Gasteiger partial charge in [-0.25, -0.2) is 0 Å². The van der Waals surface area contributed by atoms with Crippen LogP contribution >= 0.6 is 0 Å². The zero-order valence-corrected chi connectivity index (χ0v) is 31.2. The van der Waals surface area contributed by atoms with Crippen LogP contribution in [-0.4, -0.2) is 72.0 Å². The maximum atomic E-state index is 15.1. The molecule has 13 heteroatoms. The lowest BCUT2D eigenvalue weighted by Gasteiger charge is -2.39. The van der Waals surface area contributed by atoms with Crippen molar-refractivity contribution in [3.63, 3.8) is 0 Å². The van der Waals surface area contributed by atoms with Crippen LogP contribution < -0.4 is 19.7 Å². The van der Waals surface area contributed by atoms with E-state index in [9.17, 15) is 14.7 Å². The second-order valence-electron chi connectivity index (χ2n) is 14.5. The first-order chi connectivity index (χ1) is 25.0. The number of hydrogen-bond acceptors (Lipinski definition) is 9. The van der Waals surface area contributed by atoms with Crippen molar-refractivity contribution < 1.29 is 33.7 Å². The Morgan fingerprint density at radius 3 is 2.56 bits per heavy atom. The predicted molar refractivity (Wildman–Crippen MR) is 197 cm³/mol. The minimum absolute atomic E-state index is 0.00167. The summed E-state index contributed by atoms with van der Waals surface area (Å²) in [7, 11) is -0.678. The summed E-state index contributed by atoms with van der Waals surface area (Å²) in [6.07, 6.45) is 2.15. The summed E-state index contributed by atoms with van der Waals surface area (Å²) in [5.41, 5.74) is 2.67. The largest absolute Gasteiger partial charge is 0.497 e. The molecule has 3 aromatic carbocycles. The predicted octanol–water partition coefficient (Wildman–Crippen LogP) is 4.30. The molecule has 3 aliphatic heterocycles. The summed E-state index contributed by atoms with van der Waals surface area (Å²) in [5, 5.41) is 19.2. The second kappa shape index (κ2) is 13.9. The number of amides is 2. The van der Waals surface area contributed by atoms with Crippen molar-refractivity contribution in [1.82, 2.24) is 15.0 Å². The Morgan fingerprint density at radius 1 is 1.08 bits per heavy atom. The Balaban J connectivity index is 1.23. The molecule has 1 N–H and O–H groups in total. The van der Waals surface area contributed by atoms with Crippen molar-refractivity contribution in [1.29, 1.82) is 0 Å². The van der Waals surface area contributed by atoms with Gasteiger partial charge in [0.2, 0.25) is 5.91 Å². The summed E-state index contributed by atoms with van der Waals surface area (Å²) < 4.78 is 19.9. The monoisotopic (exact) mass is 723 g/mol. The fourth-order valence-electron chi connectivity index (χ4n) is 8.60. The van der Waals surface area contributed by atoms with Crippen LogP contribution in [0, 0.1) is 5.92 Å². The molecule has 7 rings (SSSR count). The number of aryl methyl sites for hydroxylation is 1. The Morgan fingerprint density at radius 2 is 1.85 bits per heavy atom. The van der Waals surface area contributed by atoms with Crippen molar-refractivity contribution in [2.75, 3.05) is 23.5 Å². The van der Waals surface area contributed by atoms with Crippen LogP contribution in [0.15, 0.2) is 79.0 Å². The van der Waals surface area contributed by atoms with Gasteiger partial charge in [0, 0.05) is 49.9 Å². The molecule has 52 heavy (non-hydrogen) atoms. The minimum Gasteiger partial charge on any atom is -0.497 e. The summed E-state index contributed by atoms with van der Waals surface area (Å²) in [6.45, 7) is 9.02. The highest BCUT2D eigenvalue weighted by Gasteiger charge is 2.66. The lowest BCUT2D eigenvalue weighted by atomic mass is 9.82. The molecular formula is C39H45N5O7Si. The molecule has 0 radical (unpaired) electrons. The van der Waals surface area contributed by atoms with E-state index in [0.717, 1.165) is 28.3 Å². The molecule has 0 saturated carbocycles. The van der Waals surface area contributed by atoms with Crippen molar-refractivity contribution in [3.8, 4) is 5.75 Å². The van der Waals surface area contributed by atoms with E-state index in [-0.39, 0.29) is 48.9 Å². The van der Waals surface area contributed by atoms with Crippen LogP contribution in [0.3, 0.4) is 0 Å². The number of esters is 1. The van der Waals surface area contributed by atoms with Gasteiger partial charge in [0.15, 0.2) is 11.8 Å². The normalized spacial score (nSPS) is 24.0. The number of ether oxygens (including phenoxy) is 3. The third-order valence-corrected chi connectivity index (χ3v) is 15.4. The number of aliphatic hydroxyl groups excluding tert-OH is 1. The molecule has 5 atom stereocenters. The number of benzene rings is 3. The van der Waals surface area contributed by atoms with E-state index in [2.05, 4.69) is 42.5 Å². The molecule has 1 unspecified atom stereocenters. The highest BCUT2D eigenvalue weighted by molar-refractivity contribution is 6.91. The molecule has 0 bridgehead atoms. The lowest BCUT2D eigenvalue weighted by molar-refractivity contribution is -0.154. The van der Waals surface area contributed by atoms with E-state index in [0.29, 0.717) is 25.1 Å². The van der Waals surface area contributed by atoms with Gasteiger partial charge in [0.25, 0.3) is 5.91 Å². The smallest absolute Gasteiger partial charge is 0.304 e. The highest BCUT2D eigenvalue weighted by Crippen LogP contribution is 2.60. The number of rotatable bonds is 12. The maximum absolute atomic E-state index is 15.1. The van der Waals surface area contributed by atoms with Crippen LogP contribution in [0.1, 0.15) is 43.5 Å². The molecule has 12 nitrogen and oxygen atoms in total. The van der Waals surface area contributed by atoms with E-state index in [1.165, 1.54) is 17.0 Å². The fourth-order valence-corrected chi connectivity index (χ4v) is 12.7. The topological polar surface area (TPSA) is 136 Å². The zero-order valence-electron chi connectivity index (χ0n) is 30.2. The Bertz CT molecular complexity index is 1980. The van der Waals surface area contributed by atoms with E-state index in [1.54, 1.807) is 11.8 Å². The average molecular weight is 724 g/mol. The Labute approximate surface area is 304 Å². The van der Waals surface area contributed by atoms with Gasteiger partial charge in [-0.3, -0.25) is 24.0 Å². The van der Waals surface area contributed by atoms with Crippen LogP contribution in [0.2, 0.25) is 18.6 Å². The van der Waals surface area contributed by atoms with Crippen molar-refractivity contribution in [2.24, 2.45) is 5.92 Å². The lowest BCUT2D eigenvalue weighted by Crippen LogP contribution is -2.54. The molecule has 0 aliphatic carbocycles. The third kappa shape index (κ3) is 6.10. The van der Waals surface area contributed by atoms with E-state index >= 15 is 4.79 Å². The van der Waals surface area contributed by atoms with Crippen LogP contribution in [0.25, 0.3) is 0 Å². The number of carbonyl (C=O) groups excluding carboxylic acids is 3. The van der Waals surface area contributed by atoms with Gasteiger partial charge in [-0.1, -0.05) is 72.9 Å². The SMILES string of the molecule is COc1ccc([Si](C)(C)[C@@H]2[C@@H](CCn3cc(CCO)nn3)O[C@]3(C(=O)N(Cc4cccc(N5C(=O)CC5OC(C)=O)c4)c4ccccc43)[C@H]2C)cc1. The standard InChI is InChI=1S/C39H45N5O7Si/c1-25-37(52(4,5)31-15-13-30(49-3)14-16-31)34(17-19-42-24-28(18-20-45)40-41-42)51-39(25)32-11-6-7-12-33(32)43(38(39)48)23-27-9-8-10-29(21-27)44-35(47)22-36(44)50-26(2)46/h6-16,21,24-25,34,36-37,45H,17-20,22-23H2,1-5H3/t25-,34+,36?,37-,39+/m0/s1. The molecule has 4 heterocycles. The number of anilines is 2. The number of para-hydroxylation sites is 1. The van der Waals surface area contributed by atoms with Gasteiger partial charge in [-0.15, -0.1) is 5.10 Å². The molecule has 2 amide bonds. The fraction of sp³-hybridized carbons (Fsp3) is 0.410. The number of aliphatic hydroxyl groups is 1. The summed E-state index contributed by atoms with van der Waals surface area (Å²) in [5.74, 6) is -0.0643. The van der Waals surface area contributed by atoms with E-state index in [4.69, 9.17) is 14.2 Å². The number of carbonyl (C=O) groups is 3. The first-order valence-corrected chi connectivity index (χ1v) is 20.9. The molecule has 1 aromatic heterocycles. The van der Waals surface area contributed by atoms with Crippen molar-refractivity contribution >= 4 is 42.4 Å². The minimum atomic E-state index is -2.34. The number of aromatic nitrogens is 3.